The minimum Gasteiger partial charge on any atom is -0.369 e. The van der Waals surface area contributed by atoms with Crippen molar-refractivity contribution in [3.63, 3.8) is 0 Å². The van der Waals surface area contributed by atoms with E-state index in [1.54, 1.807) is 16.0 Å². The van der Waals surface area contributed by atoms with Gasteiger partial charge >= 0.3 is 0 Å². The van der Waals surface area contributed by atoms with E-state index >= 15 is 0 Å². The summed E-state index contributed by atoms with van der Waals surface area (Å²) in [5, 5.41) is 9.83. The Hall–Kier alpha value is -2.54. The van der Waals surface area contributed by atoms with Crippen molar-refractivity contribution in [1.29, 1.82) is 0 Å². The molecule has 3 heterocycles. The van der Waals surface area contributed by atoms with E-state index in [-0.39, 0.29) is 0 Å². The predicted molar refractivity (Wildman–Crippen MR) is 97.5 cm³/mol. The summed E-state index contributed by atoms with van der Waals surface area (Å²) in [6.07, 6.45) is 3.78. The van der Waals surface area contributed by atoms with Crippen molar-refractivity contribution in [1.82, 2.24) is 24.7 Å². The summed E-state index contributed by atoms with van der Waals surface area (Å²) in [5.74, 6) is 1.61. The SMILES string of the molecule is Cc1nc(NCCCc2nc3ccccc3s2)c2cnn(C)c2n1. The van der Waals surface area contributed by atoms with Crippen LogP contribution in [0.4, 0.5) is 5.82 Å². The van der Waals surface area contributed by atoms with Crippen molar-refractivity contribution in [2.24, 2.45) is 7.05 Å². The summed E-state index contributed by atoms with van der Waals surface area (Å²) in [6.45, 7) is 2.75. The molecule has 0 fully saturated rings. The maximum Gasteiger partial charge on any atom is 0.163 e. The summed E-state index contributed by atoms with van der Waals surface area (Å²) in [4.78, 5) is 13.6. The highest BCUT2D eigenvalue weighted by Gasteiger charge is 2.09. The lowest BCUT2D eigenvalue weighted by atomic mass is 10.3. The van der Waals surface area contributed by atoms with Crippen LogP contribution in [0.25, 0.3) is 21.3 Å². The number of nitrogens with zero attached hydrogens (tertiary/aromatic N) is 5. The molecule has 0 aliphatic carbocycles. The number of nitrogens with one attached hydrogen (secondary N) is 1. The zero-order valence-electron chi connectivity index (χ0n) is 13.7. The van der Waals surface area contributed by atoms with Gasteiger partial charge in [-0.25, -0.2) is 15.0 Å². The van der Waals surface area contributed by atoms with E-state index in [0.717, 1.165) is 47.6 Å². The standard InChI is InChI=1S/C17H18N6S/c1-11-20-16(12-10-19-23(2)17(12)21-11)18-9-5-8-15-22-13-6-3-4-7-14(13)24-15/h3-4,6-7,10H,5,8-9H2,1-2H3,(H,18,20,21). The molecule has 1 N–H and O–H groups in total. The highest BCUT2D eigenvalue weighted by Crippen LogP contribution is 2.23. The molecule has 0 spiro atoms. The first-order chi connectivity index (χ1) is 11.7. The summed E-state index contributed by atoms with van der Waals surface area (Å²) >= 11 is 1.77. The molecule has 122 valence electrons. The molecule has 6 nitrogen and oxygen atoms in total. The van der Waals surface area contributed by atoms with Gasteiger partial charge in [0, 0.05) is 20.0 Å². The minimum absolute atomic E-state index is 0.750. The van der Waals surface area contributed by atoms with E-state index in [9.17, 15) is 0 Å². The first-order valence-corrected chi connectivity index (χ1v) is 8.77. The Balaban J connectivity index is 1.42. The molecule has 0 unspecified atom stereocenters. The smallest absolute Gasteiger partial charge is 0.163 e. The van der Waals surface area contributed by atoms with Crippen LogP contribution in [0.2, 0.25) is 0 Å². The molecule has 4 rings (SSSR count). The zero-order chi connectivity index (χ0) is 16.5. The number of aryl methyl sites for hydroxylation is 3. The second kappa shape index (κ2) is 6.16. The maximum absolute atomic E-state index is 4.68. The third-order valence-corrected chi connectivity index (χ3v) is 5.00. The Morgan fingerprint density at radius 3 is 2.92 bits per heavy atom. The van der Waals surface area contributed by atoms with Crippen LogP contribution in [0.1, 0.15) is 17.3 Å². The molecule has 3 aromatic heterocycles. The molecule has 0 atom stereocenters. The number of fused-ring (bicyclic) bond motifs is 2. The fourth-order valence-electron chi connectivity index (χ4n) is 2.74. The number of hydrogen-bond donors (Lipinski definition) is 1. The second-order valence-electron chi connectivity index (χ2n) is 5.73. The molecule has 0 radical (unpaired) electrons. The summed E-state index contributed by atoms with van der Waals surface area (Å²) in [6, 6.07) is 8.28. The first-order valence-electron chi connectivity index (χ1n) is 7.95. The minimum atomic E-state index is 0.750. The van der Waals surface area contributed by atoms with Gasteiger partial charge in [0.25, 0.3) is 0 Å². The molecule has 1 aromatic carbocycles. The summed E-state index contributed by atoms with van der Waals surface area (Å²) < 4.78 is 3.03. The molecule has 4 aromatic rings. The number of aromatic nitrogens is 5. The van der Waals surface area contributed by atoms with Gasteiger partial charge in [-0.3, -0.25) is 4.68 Å². The molecule has 0 saturated heterocycles. The molecule has 0 bridgehead atoms. The number of para-hydroxylation sites is 1. The van der Waals surface area contributed by atoms with Crippen LogP contribution in [0.15, 0.2) is 30.5 Å². The van der Waals surface area contributed by atoms with Crippen LogP contribution in [-0.4, -0.2) is 31.3 Å². The summed E-state index contributed by atoms with van der Waals surface area (Å²) in [7, 11) is 1.89. The normalized spacial score (nSPS) is 11.4. The Kier molecular flexibility index (Phi) is 3.86. The first kappa shape index (κ1) is 15.0. The van der Waals surface area contributed by atoms with Gasteiger partial charge in [0.1, 0.15) is 11.6 Å². The van der Waals surface area contributed by atoms with E-state index < -0.39 is 0 Å². The van der Waals surface area contributed by atoms with E-state index in [2.05, 4.69) is 43.6 Å². The molecule has 0 aliphatic heterocycles. The van der Waals surface area contributed by atoms with Crippen LogP contribution in [-0.2, 0) is 13.5 Å². The fourth-order valence-corrected chi connectivity index (χ4v) is 3.75. The van der Waals surface area contributed by atoms with Crippen LogP contribution >= 0.6 is 11.3 Å². The molecule has 7 heteroatoms. The van der Waals surface area contributed by atoms with Crippen molar-refractivity contribution < 1.29 is 0 Å². The van der Waals surface area contributed by atoms with Crippen molar-refractivity contribution in [2.75, 3.05) is 11.9 Å². The lowest BCUT2D eigenvalue weighted by Crippen LogP contribution is -2.07. The van der Waals surface area contributed by atoms with Gasteiger partial charge in [-0.2, -0.15) is 5.10 Å². The van der Waals surface area contributed by atoms with Gasteiger partial charge in [-0.05, 0) is 25.5 Å². The Labute approximate surface area is 143 Å². The molecular formula is C17H18N6S. The van der Waals surface area contributed by atoms with E-state index in [1.165, 1.54) is 9.71 Å². The Morgan fingerprint density at radius 1 is 1.17 bits per heavy atom. The topological polar surface area (TPSA) is 68.5 Å². The molecule has 0 amide bonds. The van der Waals surface area contributed by atoms with E-state index in [0.29, 0.717) is 0 Å². The number of anilines is 1. The van der Waals surface area contributed by atoms with Crippen molar-refractivity contribution in [2.45, 2.75) is 19.8 Å². The fraction of sp³-hybridized carbons (Fsp3) is 0.294. The number of hydrogen-bond acceptors (Lipinski definition) is 6. The van der Waals surface area contributed by atoms with Gasteiger partial charge in [-0.15, -0.1) is 11.3 Å². The molecule has 0 aliphatic rings. The Bertz CT molecular complexity index is 970. The van der Waals surface area contributed by atoms with Crippen LogP contribution < -0.4 is 5.32 Å². The average molecular weight is 338 g/mol. The highest BCUT2D eigenvalue weighted by atomic mass is 32.1. The third-order valence-electron chi connectivity index (χ3n) is 3.90. The molecular weight excluding hydrogens is 320 g/mol. The zero-order valence-corrected chi connectivity index (χ0v) is 14.5. The number of benzene rings is 1. The van der Waals surface area contributed by atoms with Crippen molar-refractivity contribution >= 4 is 38.4 Å². The maximum atomic E-state index is 4.68. The lowest BCUT2D eigenvalue weighted by Gasteiger charge is -2.07. The van der Waals surface area contributed by atoms with Crippen LogP contribution in [0.3, 0.4) is 0 Å². The molecule has 0 saturated carbocycles. The summed E-state index contributed by atoms with van der Waals surface area (Å²) in [5.41, 5.74) is 1.95. The van der Waals surface area contributed by atoms with E-state index in [1.807, 2.05) is 26.2 Å². The van der Waals surface area contributed by atoms with E-state index in [4.69, 9.17) is 0 Å². The second-order valence-corrected chi connectivity index (χ2v) is 6.85. The average Bonchev–Trinajstić information content (AvgIpc) is 3.15. The van der Waals surface area contributed by atoms with Crippen LogP contribution in [0, 0.1) is 6.92 Å². The largest absolute Gasteiger partial charge is 0.369 e. The molecule has 24 heavy (non-hydrogen) atoms. The predicted octanol–water partition coefficient (Wildman–Crippen LogP) is 3.33. The van der Waals surface area contributed by atoms with Gasteiger partial charge in [-0.1, -0.05) is 12.1 Å². The van der Waals surface area contributed by atoms with Gasteiger partial charge in [0.15, 0.2) is 5.65 Å². The third kappa shape index (κ3) is 2.82. The van der Waals surface area contributed by atoms with Gasteiger partial charge in [0.2, 0.25) is 0 Å². The highest BCUT2D eigenvalue weighted by molar-refractivity contribution is 7.18. The lowest BCUT2D eigenvalue weighted by molar-refractivity contribution is 0.782. The van der Waals surface area contributed by atoms with Crippen LogP contribution in [0.5, 0.6) is 0 Å². The number of rotatable bonds is 5. The van der Waals surface area contributed by atoms with Gasteiger partial charge in [0.05, 0.1) is 26.8 Å². The monoisotopic (exact) mass is 338 g/mol. The van der Waals surface area contributed by atoms with Crippen molar-refractivity contribution in [3.05, 3.63) is 41.3 Å². The quantitative estimate of drug-likeness (QED) is 0.565. The Morgan fingerprint density at radius 2 is 2.04 bits per heavy atom. The van der Waals surface area contributed by atoms with Crippen molar-refractivity contribution in [3.8, 4) is 0 Å². The number of thiazole rings is 1. The van der Waals surface area contributed by atoms with Gasteiger partial charge < -0.3 is 5.32 Å².